The first-order valence-corrected chi connectivity index (χ1v) is 21.2. The van der Waals surface area contributed by atoms with E-state index in [0.717, 1.165) is 0 Å². The fraction of sp³-hybridized carbons (Fsp3) is 0.418. The summed E-state index contributed by atoms with van der Waals surface area (Å²) in [5.41, 5.74) is 23.4. The van der Waals surface area contributed by atoms with Gasteiger partial charge in [-0.25, -0.2) is 0 Å². The highest BCUT2D eigenvalue weighted by Gasteiger charge is 2.44. The Balaban J connectivity index is 1.60. The smallest absolute Gasteiger partial charge is 0.0552 e. The van der Waals surface area contributed by atoms with Crippen LogP contribution in [0.5, 0.6) is 0 Å². The molecule has 0 bridgehead atoms. The standard InChI is InChI=1S/C55H68N2/c1-33(2)48(40-22-20-19-21-34(40)3)57-47-27-24-38(52(9,10)11)31-43(47)54(15,16)41-25-28-45(36(5)50(41)57)56-46-26-23-37(51(6,7)8)30-42(46)55(17,18)44-32-39(53(12,13)14)29-35(4)49(44)56/h19-32H,1-18H3. The Hall–Kier alpha value is -4.56. The molecule has 0 radical (unpaired) electrons. The van der Waals surface area contributed by atoms with Crippen molar-refractivity contribution in [2.24, 2.45) is 0 Å². The Bertz CT molecular complexity index is 2460. The number of rotatable bonds is 3. The normalized spacial score (nSPS) is 15.8. The van der Waals surface area contributed by atoms with Crippen LogP contribution in [0.25, 0.3) is 5.70 Å². The second kappa shape index (κ2) is 13.2. The van der Waals surface area contributed by atoms with Gasteiger partial charge in [-0.1, -0.05) is 162 Å². The first-order chi connectivity index (χ1) is 26.3. The van der Waals surface area contributed by atoms with Gasteiger partial charge in [0.05, 0.1) is 34.1 Å². The van der Waals surface area contributed by atoms with Crippen LogP contribution < -0.4 is 9.80 Å². The van der Waals surface area contributed by atoms with Crippen molar-refractivity contribution in [2.45, 2.75) is 152 Å². The van der Waals surface area contributed by atoms with E-state index in [-0.39, 0.29) is 27.1 Å². The lowest BCUT2D eigenvalue weighted by atomic mass is 9.69. The van der Waals surface area contributed by atoms with Gasteiger partial charge in [0.1, 0.15) is 0 Å². The molecule has 0 aliphatic carbocycles. The van der Waals surface area contributed by atoms with Crippen molar-refractivity contribution in [3.05, 3.63) is 152 Å². The predicted octanol–water partition coefficient (Wildman–Crippen LogP) is 15.8. The lowest BCUT2D eigenvalue weighted by molar-refractivity contribution is 0.572. The molecule has 298 valence electrons. The fourth-order valence-corrected chi connectivity index (χ4v) is 9.57. The molecule has 0 atom stereocenters. The molecule has 2 heterocycles. The zero-order valence-electron chi connectivity index (χ0n) is 38.5. The summed E-state index contributed by atoms with van der Waals surface area (Å²) in [6, 6.07) is 33.3. The van der Waals surface area contributed by atoms with E-state index in [4.69, 9.17) is 0 Å². The third-order valence-corrected chi connectivity index (χ3v) is 13.3. The highest BCUT2D eigenvalue weighted by molar-refractivity contribution is 5.99. The summed E-state index contributed by atoms with van der Waals surface area (Å²) in [4.78, 5) is 5.26. The molecule has 5 aromatic rings. The summed E-state index contributed by atoms with van der Waals surface area (Å²) in [5.74, 6) is 0. The predicted molar refractivity (Wildman–Crippen MR) is 249 cm³/mol. The molecule has 0 amide bonds. The van der Waals surface area contributed by atoms with Crippen molar-refractivity contribution in [1.82, 2.24) is 0 Å². The average molecular weight is 757 g/mol. The molecule has 2 nitrogen and oxygen atoms in total. The molecule has 0 aromatic heterocycles. The molecular formula is C55H68N2. The van der Waals surface area contributed by atoms with Crippen LogP contribution in [0.1, 0.15) is 165 Å². The van der Waals surface area contributed by atoms with Gasteiger partial charge in [-0.15, -0.1) is 0 Å². The van der Waals surface area contributed by atoms with E-state index < -0.39 is 0 Å². The number of hydrogen-bond acceptors (Lipinski definition) is 2. The van der Waals surface area contributed by atoms with E-state index in [2.05, 4.69) is 219 Å². The topological polar surface area (TPSA) is 6.48 Å². The Morgan fingerprint density at radius 3 is 1.51 bits per heavy atom. The zero-order chi connectivity index (χ0) is 41.9. The minimum Gasteiger partial charge on any atom is -0.309 e. The summed E-state index contributed by atoms with van der Waals surface area (Å²) < 4.78 is 0. The lowest BCUT2D eigenvalue weighted by Crippen LogP contribution is -2.35. The van der Waals surface area contributed by atoms with Crippen LogP contribution >= 0.6 is 0 Å². The summed E-state index contributed by atoms with van der Waals surface area (Å²) in [7, 11) is 0. The molecule has 0 saturated heterocycles. The molecule has 2 aliphatic heterocycles. The quantitative estimate of drug-likeness (QED) is 0.181. The summed E-state index contributed by atoms with van der Waals surface area (Å²) in [6.07, 6.45) is 0. The van der Waals surface area contributed by atoms with Crippen molar-refractivity contribution in [1.29, 1.82) is 0 Å². The largest absolute Gasteiger partial charge is 0.309 e. The van der Waals surface area contributed by atoms with Gasteiger partial charge in [-0.3, -0.25) is 0 Å². The third kappa shape index (κ3) is 6.47. The first-order valence-electron chi connectivity index (χ1n) is 21.2. The molecule has 7 rings (SSSR count). The van der Waals surface area contributed by atoms with Gasteiger partial charge in [0, 0.05) is 16.4 Å². The fourth-order valence-electron chi connectivity index (χ4n) is 9.57. The second-order valence-corrected chi connectivity index (χ2v) is 21.6. The van der Waals surface area contributed by atoms with E-state index in [0.29, 0.717) is 0 Å². The number of fused-ring (bicyclic) bond motifs is 4. The van der Waals surface area contributed by atoms with Crippen LogP contribution in [0.2, 0.25) is 0 Å². The van der Waals surface area contributed by atoms with Crippen LogP contribution in [0, 0.1) is 20.8 Å². The number of nitrogens with zero attached hydrogens (tertiary/aromatic N) is 2. The maximum Gasteiger partial charge on any atom is 0.0552 e. The van der Waals surface area contributed by atoms with Crippen molar-refractivity contribution >= 4 is 34.1 Å². The van der Waals surface area contributed by atoms with Gasteiger partial charge in [-0.2, -0.15) is 0 Å². The minimum atomic E-state index is -0.233. The monoisotopic (exact) mass is 757 g/mol. The summed E-state index contributed by atoms with van der Waals surface area (Å²) >= 11 is 0. The van der Waals surface area contributed by atoms with Crippen molar-refractivity contribution in [3.8, 4) is 0 Å². The Morgan fingerprint density at radius 1 is 0.474 bits per heavy atom. The lowest BCUT2D eigenvalue weighted by Gasteiger charge is -2.47. The maximum absolute atomic E-state index is 2.63. The summed E-state index contributed by atoms with van der Waals surface area (Å²) in [5, 5.41) is 0. The van der Waals surface area contributed by atoms with Crippen molar-refractivity contribution in [2.75, 3.05) is 9.80 Å². The van der Waals surface area contributed by atoms with E-state index in [1.165, 1.54) is 101 Å². The van der Waals surface area contributed by atoms with Crippen molar-refractivity contribution < 1.29 is 0 Å². The molecule has 0 unspecified atom stereocenters. The molecule has 0 N–H and O–H groups in total. The van der Waals surface area contributed by atoms with Crippen LogP contribution in [-0.4, -0.2) is 0 Å². The Morgan fingerprint density at radius 2 is 0.965 bits per heavy atom. The molecule has 5 aromatic carbocycles. The molecule has 0 fully saturated rings. The van der Waals surface area contributed by atoms with E-state index in [9.17, 15) is 0 Å². The second-order valence-electron chi connectivity index (χ2n) is 21.6. The molecule has 2 aliphatic rings. The number of hydrogen-bond donors (Lipinski definition) is 0. The van der Waals surface area contributed by atoms with E-state index in [1.807, 2.05) is 0 Å². The Labute approximate surface area is 346 Å². The van der Waals surface area contributed by atoms with Gasteiger partial charge in [0.2, 0.25) is 0 Å². The first kappa shape index (κ1) is 40.6. The molecule has 57 heavy (non-hydrogen) atoms. The molecule has 2 heteroatoms. The maximum atomic E-state index is 2.63. The van der Waals surface area contributed by atoms with E-state index >= 15 is 0 Å². The van der Waals surface area contributed by atoms with Crippen LogP contribution in [0.4, 0.5) is 28.4 Å². The zero-order valence-corrected chi connectivity index (χ0v) is 38.5. The van der Waals surface area contributed by atoms with Crippen molar-refractivity contribution in [3.63, 3.8) is 0 Å². The number of allylic oxidation sites excluding steroid dienone is 1. The van der Waals surface area contributed by atoms with Crippen LogP contribution in [0.3, 0.4) is 0 Å². The average Bonchev–Trinajstić information content (AvgIpc) is 3.10. The molecule has 0 spiro atoms. The van der Waals surface area contributed by atoms with Gasteiger partial charge < -0.3 is 9.80 Å². The highest BCUT2D eigenvalue weighted by atomic mass is 15.2. The third-order valence-electron chi connectivity index (χ3n) is 13.3. The number of aryl methyl sites for hydroxylation is 2. The number of benzene rings is 5. The molecular weight excluding hydrogens is 689 g/mol. The highest BCUT2D eigenvalue weighted by Crippen LogP contribution is 2.59. The SMILES string of the molecule is CC(C)=C(c1ccccc1C)N1c2ccc(C(C)(C)C)cc2C(C)(C)c2ccc(N3c4ccc(C(C)(C)C)cc4C(C)(C)c4cc(C(C)(C)C)cc(C)c43)c(C)c21. The van der Waals surface area contributed by atoms with Gasteiger partial charge >= 0.3 is 0 Å². The summed E-state index contributed by atoms with van der Waals surface area (Å²) in [6.45, 7) is 42.3. The number of anilines is 5. The van der Waals surface area contributed by atoms with Crippen LogP contribution in [-0.2, 0) is 27.1 Å². The van der Waals surface area contributed by atoms with Gasteiger partial charge in [0.15, 0.2) is 0 Å². The van der Waals surface area contributed by atoms with Gasteiger partial charge in [-0.05, 0) is 125 Å². The minimum absolute atomic E-state index is 0.0264. The van der Waals surface area contributed by atoms with E-state index in [1.54, 1.807) is 0 Å². The van der Waals surface area contributed by atoms with Gasteiger partial charge in [0.25, 0.3) is 0 Å². The Kier molecular flexibility index (Phi) is 9.43. The molecule has 0 saturated carbocycles. The van der Waals surface area contributed by atoms with Crippen LogP contribution in [0.15, 0.2) is 90.5 Å².